The van der Waals surface area contributed by atoms with E-state index >= 15 is 0 Å². The Hall–Kier alpha value is -1.58. The molecule has 20 heavy (non-hydrogen) atoms. The lowest BCUT2D eigenvalue weighted by molar-refractivity contribution is 0.0693. The molecule has 1 heterocycles. The molecule has 1 fully saturated rings. The highest BCUT2D eigenvalue weighted by Gasteiger charge is 2.28. The van der Waals surface area contributed by atoms with E-state index in [1.54, 1.807) is 18.4 Å². The summed E-state index contributed by atoms with van der Waals surface area (Å²) in [5.41, 5.74) is 1.34. The Morgan fingerprint density at radius 2 is 1.90 bits per heavy atom. The van der Waals surface area contributed by atoms with Gasteiger partial charge in [-0.2, -0.15) is 0 Å². The highest BCUT2D eigenvalue weighted by atomic mass is 16.4. The van der Waals surface area contributed by atoms with Crippen LogP contribution in [0.3, 0.4) is 0 Å². The van der Waals surface area contributed by atoms with Gasteiger partial charge in [-0.05, 0) is 50.5 Å². The van der Waals surface area contributed by atoms with Crippen molar-refractivity contribution in [2.75, 3.05) is 0 Å². The van der Waals surface area contributed by atoms with Gasteiger partial charge in [0.15, 0.2) is 0 Å². The number of aryl methyl sites for hydroxylation is 1. The van der Waals surface area contributed by atoms with E-state index in [1.165, 1.54) is 6.07 Å². The van der Waals surface area contributed by atoms with Crippen LogP contribution >= 0.6 is 0 Å². The van der Waals surface area contributed by atoms with Crippen molar-refractivity contribution in [3.8, 4) is 0 Å². The van der Waals surface area contributed by atoms with E-state index in [0.29, 0.717) is 23.1 Å². The van der Waals surface area contributed by atoms with Gasteiger partial charge in [-0.25, -0.2) is 4.79 Å². The molecule has 1 aromatic rings. The summed E-state index contributed by atoms with van der Waals surface area (Å²) >= 11 is 0. The van der Waals surface area contributed by atoms with Gasteiger partial charge >= 0.3 is 5.97 Å². The number of carboxylic acids is 1. The molecule has 0 aliphatic heterocycles. The van der Waals surface area contributed by atoms with Gasteiger partial charge in [-0.15, -0.1) is 0 Å². The van der Waals surface area contributed by atoms with Crippen molar-refractivity contribution in [2.24, 2.45) is 11.8 Å². The Kier molecular flexibility index (Phi) is 4.02. The normalized spacial score (nSPS) is 26.5. The first-order chi connectivity index (χ1) is 9.32. The summed E-state index contributed by atoms with van der Waals surface area (Å²) in [4.78, 5) is 23.7. The minimum Gasteiger partial charge on any atom is -0.478 e. The van der Waals surface area contributed by atoms with Gasteiger partial charge in [0.1, 0.15) is 0 Å². The summed E-state index contributed by atoms with van der Waals surface area (Å²) in [5.74, 6) is 0.284. The summed E-state index contributed by atoms with van der Waals surface area (Å²) in [5, 5.41) is 9.34. The van der Waals surface area contributed by atoms with Gasteiger partial charge in [0.05, 0.1) is 5.56 Å². The second-order valence-corrected chi connectivity index (χ2v) is 6.22. The van der Waals surface area contributed by atoms with E-state index in [0.717, 1.165) is 19.3 Å². The van der Waals surface area contributed by atoms with Crippen molar-refractivity contribution in [3.63, 3.8) is 0 Å². The van der Waals surface area contributed by atoms with Crippen LogP contribution in [0.5, 0.6) is 0 Å². The van der Waals surface area contributed by atoms with Crippen LogP contribution in [-0.4, -0.2) is 15.6 Å². The van der Waals surface area contributed by atoms with Crippen LogP contribution in [0.4, 0.5) is 0 Å². The second kappa shape index (κ2) is 5.43. The van der Waals surface area contributed by atoms with Gasteiger partial charge in [0, 0.05) is 17.8 Å². The van der Waals surface area contributed by atoms with Crippen LogP contribution < -0.4 is 5.56 Å². The standard InChI is InChI=1S/C16H23NO3/c1-9-5-6-13(7-10(9)2)17-12(4)15(16(19)20)11(3)8-14(17)18/h8-10,13H,5-7H2,1-4H3,(H,19,20). The number of carbonyl (C=O) groups is 1. The number of rotatable bonds is 2. The lowest BCUT2D eigenvalue weighted by atomic mass is 9.79. The summed E-state index contributed by atoms with van der Waals surface area (Å²) in [7, 11) is 0. The molecule has 1 N–H and O–H groups in total. The Balaban J connectivity index is 2.49. The van der Waals surface area contributed by atoms with E-state index in [2.05, 4.69) is 13.8 Å². The van der Waals surface area contributed by atoms with E-state index in [4.69, 9.17) is 0 Å². The predicted molar refractivity (Wildman–Crippen MR) is 78.4 cm³/mol. The highest BCUT2D eigenvalue weighted by Crippen LogP contribution is 2.36. The molecule has 0 spiro atoms. The summed E-state index contributed by atoms with van der Waals surface area (Å²) < 4.78 is 1.71. The van der Waals surface area contributed by atoms with Gasteiger partial charge in [0.2, 0.25) is 0 Å². The lowest BCUT2D eigenvalue weighted by Gasteiger charge is -2.34. The van der Waals surface area contributed by atoms with Gasteiger partial charge in [0.25, 0.3) is 5.56 Å². The molecule has 0 amide bonds. The molecule has 1 saturated carbocycles. The van der Waals surface area contributed by atoms with Crippen molar-refractivity contribution >= 4 is 5.97 Å². The fraction of sp³-hybridized carbons (Fsp3) is 0.625. The van der Waals surface area contributed by atoms with Crippen molar-refractivity contribution < 1.29 is 9.90 Å². The Morgan fingerprint density at radius 3 is 2.45 bits per heavy atom. The number of pyridine rings is 1. The fourth-order valence-corrected chi connectivity index (χ4v) is 3.43. The molecule has 1 aliphatic rings. The topological polar surface area (TPSA) is 59.3 Å². The molecule has 1 aliphatic carbocycles. The van der Waals surface area contributed by atoms with Crippen LogP contribution in [0.2, 0.25) is 0 Å². The monoisotopic (exact) mass is 277 g/mol. The molecule has 110 valence electrons. The van der Waals surface area contributed by atoms with Crippen molar-refractivity contribution in [1.29, 1.82) is 0 Å². The SMILES string of the molecule is Cc1cc(=O)n(C2CCC(C)C(C)C2)c(C)c1C(=O)O. The minimum absolute atomic E-state index is 0.0725. The first kappa shape index (κ1) is 14.8. The summed E-state index contributed by atoms with van der Waals surface area (Å²) in [6.07, 6.45) is 2.99. The van der Waals surface area contributed by atoms with Crippen molar-refractivity contribution in [1.82, 2.24) is 4.57 Å². The van der Waals surface area contributed by atoms with Crippen LogP contribution in [0.1, 0.15) is 60.8 Å². The average Bonchev–Trinajstić information content (AvgIpc) is 2.32. The average molecular weight is 277 g/mol. The Bertz CT molecular complexity index is 588. The number of aromatic nitrogens is 1. The first-order valence-electron chi connectivity index (χ1n) is 7.29. The number of hydrogen-bond donors (Lipinski definition) is 1. The molecule has 3 atom stereocenters. The maximum absolute atomic E-state index is 12.3. The fourth-order valence-electron chi connectivity index (χ4n) is 3.43. The quantitative estimate of drug-likeness (QED) is 0.903. The molecule has 2 rings (SSSR count). The molecule has 3 unspecified atom stereocenters. The van der Waals surface area contributed by atoms with Gasteiger partial charge in [-0.3, -0.25) is 4.79 Å². The number of aromatic carboxylic acids is 1. The summed E-state index contributed by atoms with van der Waals surface area (Å²) in [6, 6.07) is 1.59. The Morgan fingerprint density at radius 1 is 1.25 bits per heavy atom. The highest BCUT2D eigenvalue weighted by molar-refractivity contribution is 5.90. The first-order valence-corrected chi connectivity index (χ1v) is 7.29. The molecule has 4 heteroatoms. The summed E-state index contributed by atoms with van der Waals surface area (Å²) in [6.45, 7) is 7.89. The molecular formula is C16H23NO3. The van der Waals surface area contributed by atoms with Crippen molar-refractivity contribution in [3.05, 3.63) is 33.2 Å². The Labute approximate surface area is 119 Å². The number of hydrogen-bond acceptors (Lipinski definition) is 2. The third kappa shape index (κ3) is 2.51. The molecular weight excluding hydrogens is 254 g/mol. The second-order valence-electron chi connectivity index (χ2n) is 6.22. The molecule has 0 aromatic carbocycles. The zero-order chi connectivity index (χ0) is 15.0. The maximum Gasteiger partial charge on any atom is 0.337 e. The van der Waals surface area contributed by atoms with E-state index in [-0.39, 0.29) is 17.2 Å². The van der Waals surface area contributed by atoms with Crippen LogP contribution in [0, 0.1) is 25.7 Å². The zero-order valence-corrected chi connectivity index (χ0v) is 12.6. The largest absolute Gasteiger partial charge is 0.478 e. The van der Waals surface area contributed by atoms with E-state index < -0.39 is 5.97 Å². The number of nitrogens with zero attached hydrogens (tertiary/aromatic N) is 1. The third-order valence-electron chi connectivity index (χ3n) is 4.84. The van der Waals surface area contributed by atoms with Gasteiger partial charge < -0.3 is 9.67 Å². The minimum atomic E-state index is -0.953. The molecule has 0 bridgehead atoms. The van der Waals surface area contributed by atoms with Crippen molar-refractivity contribution in [2.45, 2.75) is 53.0 Å². The smallest absolute Gasteiger partial charge is 0.337 e. The number of carboxylic acid groups (broad SMARTS) is 1. The van der Waals surface area contributed by atoms with E-state index in [1.807, 2.05) is 0 Å². The van der Waals surface area contributed by atoms with Crippen LogP contribution in [0.15, 0.2) is 10.9 Å². The van der Waals surface area contributed by atoms with Crippen LogP contribution in [-0.2, 0) is 0 Å². The van der Waals surface area contributed by atoms with Crippen LogP contribution in [0.25, 0.3) is 0 Å². The third-order valence-corrected chi connectivity index (χ3v) is 4.84. The molecule has 4 nitrogen and oxygen atoms in total. The van der Waals surface area contributed by atoms with Gasteiger partial charge in [-0.1, -0.05) is 13.8 Å². The molecule has 0 radical (unpaired) electrons. The molecule has 0 saturated heterocycles. The zero-order valence-electron chi connectivity index (χ0n) is 12.6. The maximum atomic E-state index is 12.3. The lowest BCUT2D eigenvalue weighted by Crippen LogP contribution is -2.33. The predicted octanol–water partition coefficient (Wildman–Crippen LogP) is 3.16. The van der Waals surface area contributed by atoms with E-state index in [9.17, 15) is 14.7 Å². The molecule has 1 aromatic heterocycles.